The zero-order valence-corrected chi connectivity index (χ0v) is 9.79. The molecule has 0 saturated carbocycles. The number of aryl methyl sites for hydroxylation is 1. The van der Waals surface area contributed by atoms with Crippen molar-refractivity contribution in [1.82, 2.24) is 4.90 Å². The molecular weight excluding hydrogens is 186 g/mol. The van der Waals surface area contributed by atoms with E-state index in [9.17, 15) is 0 Å². The van der Waals surface area contributed by atoms with Gasteiger partial charge in [0.05, 0.1) is 0 Å². The monoisotopic (exact) mass is 205 g/mol. The van der Waals surface area contributed by atoms with Gasteiger partial charge in [-0.25, -0.2) is 0 Å². The second-order valence-corrected chi connectivity index (χ2v) is 3.94. The van der Waals surface area contributed by atoms with Gasteiger partial charge in [-0.3, -0.25) is 0 Å². The van der Waals surface area contributed by atoms with Gasteiger partial charge in [-0.2, -0.15) is 0 Å². The fourth-order valence-corrected chi connectivity index (χ4v) is 1.17. The van der Waals surface area contributed by atoms with E-state index in [1.807, 2.05) is 26.2 Å². The third-order valence-electron chi connectivity index (χ3n) is 2.19. The number of hydrogen-bond acceptors (Lipinski definition) is 2. The normalized spacial score (nSPS) is 10.4. The third-order valence-corrected chi connectivity index (χ3v) is 2.19. The minimum atomic E-state index is 0.680. The van der Waals surface area contributed by atoms with E-state index in [-0.39, 0.29) is 0 Å². The Labute approximate surface area is 92.2 Å². The molecule has 0 fully saturated rings. The van der Waals surface area contributed by atoms with Crippen molar-refractivity contribution in [3.8, 4) is 0 Å². The molecule has 0 aliphatic rings. The highest BCUT2D eigenvalue weighted by molar-refractivity contribution is 5.57. The highest BCUT2D eigenvalue weighted by Crippen LogP contribution is 2.14. The first-order chi connectivity index (χ1) is 7.09. The van der Waals surface area contributed by atoms with Crippen LogP contribution in [0.5, 0.6) is 0 Å². The highest BCUT2D eigenvalue weighted by Gasteiger charge is 1.99. The number of ether oxygens (including phenoxy) is 1. The third kappa shape index (κ3) is 4.17. The number of likely N-dealkylation sites (N-methyl/N-ethyl adjacent to an activating group) is 1. The fourth-order valence-electron chi connectivity index (χ4n) is 1.17. The van der Waals surface area contributed by atoms with Gasteiger partial charge in [-0.1, -0.05) is 36.4 Å². The van der Waals surface area contributed by atoms with Crippen LogP contribution in [0.15, 0.2) is 30.8 Å². The molecule has 2 heteroatoms. The van der Waals surface area contributed by atoms with Gasteiger partial charge in [0.1, 0.15) is 12.4 Å². The average Bonchev–Trinajstić information content (AvgIpc) is 2.18. The van der Waals surface area contributed by atoms with Crippen molar-refractivity contribution in [2.45, 2.75) is 6.92 Å². The average molecular weight is 205 g/mol. The summed E-state index contributed by atoms with van der Waals surface area (Å²) in [7, 11) is 4.05. The molecule has 0 saturated heterocycles. The lowest BCUT2D eigenvalue weighted by Gasteiger charge is -2.12. The van der Waals surface area contributed by atoms with Crippen LogP contribution < -0.4 is 0 Å². The van der Waals surface area contributed by atoms with E-state index in [4.69, 9.17) is 4.74 Å². The summed E-state index contributed by atoms with van der Waals surface area (Å²) < 4.78 is 5.54. The summed E-state index contributed by atoms with van der Waals surface area (Å²) in [4.78, 5) is 2.09. The van der Waals surface area contributed by atoms with Crippen LogP contribution in [-0.4, -0.2) is 32.1 Å². The maximum atomic E-state index is 5.54. The summed E-state index contributed by atoms with van der Waals surface area (Å²) in [5, 5.41) is 0. The smallest absolute Gasteiger partial charge is 0.119 e. The maximum Gasteiger partial charge on any atom is 0.119 e. The zero-order valence-electron chi connectivity index (χ0n) is 9.79. The lowest BCUT2D eigenvalue weighted by molar-refractivity contribution is 0.233. The molecule has 1 aromatic carbocycles. The number of benzene rings is 1. The molecule has 0 unspecified atom stereocenters. The van der Waals surface area contributed by atoms with Gasteiger partial charge >= 0.3 is 0 Å². The Morgan fingerprint density at radius 1 is 1.27 bits per heavy atom. The number of hydrogen-bond donors (Lipinski definition) is 0. The van der Waals surface area contributed by atoms with Gasteiger partial charge in [0, 0.05) is 12.1 Å². The van der Waals surface area contributed by atoms with Gasteiger partial charge < -0.3 is 9.64 Å². The summed E-state index contributed by atoms with van der Waals surface area (Å²) in [6, 6.07) is 8.20. The van der Waals surface area contributed by atoms with E-state index in [1.54, 1.807) is 0 Å². The maximum absolute atomic E-state index is 5.54. The van der Waals surface area contributed by atoms with Gasteiger partial charge in [0.2, 0.25) is 0 Å². The lowest BCUT2D eigenvalue weighted by Crippen LogP contribution is -2.17. The second kappa shape index (κ2) is 5.56. The molecular formula is C13H19NO. The fraction of sp³-hybridized carbons (Fsp3) is 0.385. The van der Waals surface area contributed by atoms with Gasteiger partial charge in [0.25, 0.3) is 0 Å². The molecule has 0 aromatic heterocycles. The minimum absolute atomic E-state index is 0.680. The van der Waals surface area contributed by atoms with Crippen LogP contribution in [0.2, 0.25) is 0 Å². The van der Waals surface area contributed by atoms with Crippen molar-refractivity contribution in [1.29, 1.82) is 0 Å². The van der Waals surface area contributed by atoms with Crippen LogP contribution in [0.4, 0.5) is 0 Å². The van der Waals surface area contributed by atoms with Crippen LogP contribution in [0.3, 0.4) is 0 Å². The number of nitrogens with zero attached hydrogens (tertiary/aromatic N) is 1. The molecule has 0 atom stereocenters. The first-order valence-corrected chi connectivity index (χ1v) is 5.13. The Morgan fingerprint density at radius 3 is 2.40 bits per heavy atom. The predicted octanol–water partition coefficient (Wildman–Crippen LogP) is 2.54. The van der Waals surface area contributed by atoms with Crippen molar-refractivity contribution in [3.63, 3.8) is 0 Å². The minimum Gasteiger partial charge on any atom is -0.492 e. The SMILES string of the molecule is C=C(OCCN(C)C)c1ccc(C)cc1. The molecule has 0 amide bonds. The van der Waals surface area contributed by atoms with Gasteiger partial charge in [0.15, 0.2) is 0 Å². The standard InChI is InChI=1S/C13H19NO/c1-11-5-7-13(8-6-11)12(2)15-10-9-14(3)4/h5-8H,2,9-10H2,1,3-4H3. The van der Waals surface area contributed by atoms with Crippen LogP contribution in [0.25, 0.3) is 5.76 Å². The Hall–Kier alpha value is -1.28. The van der Waals surface area contributed by atoms with Crippen LogP contribution in [-0.2, 0) is 4.74 Å². The highest BCUT2D eigenvalue weighted by atomic mass is 16.5. The molecule has 0 N–H and O–H groups in total. The molecule has 0 aliphatic heterocycles. The van der Waals surface area contributed by atoms with Crippen molar-refractivity contribution < 1.29 is 4.74 Å². The molecule has 1 rings (SSSR count). The summed E-state index contributed by atoms with van der Waals surface area (Å²) in [5.74, 6) is 0.747. The first-order valence-electron chi connectivity index (χ1n) is 5.13. The Balaban J connectivity index is 2.43. The molecule has 0 radical (unpaired) electrons. The molecule has 2 nitrogen and oxygen atoms in total. The van der Waals surface area contributed by atoms with Crippen molar-refractivity contribution >= 4 is 5.76 Å². The molecule has 0 spiro atoms. The first kappa shape index (κ1) is 11.8. The summed E-state index contributed by atoms with van der Waals surface area (Å²) in [6.45, 7) is 7.57. The summed E-state index contributed by atoms with van der Waals surface area (Å²) in [6.07, 6.45) is 0. The van der Waals surface area contributed by atoms with Crippen LogP contribution in [0.1, 0.15) is 11.1 Å². The Kier molecular flexibility index (Phi) is 4.37. The second-order valence-electron chi connectivity index (χ2n) is 3.94. The van der Waals surface area contributed by atoms with Gasteiger partial charge in [-0.05, 0) is 21.0 Å². The Morgan fingerprint density at radius 2 is 1.87 bits per heavy atom. The molecule has 0 heterocycles. The summed E-state index contributed by atoms with van der Waals surface area (Å²) in [5.41, 5.74) is 2.30. The van der Waals surface area contributed by atoms with E-state index in [0.717, 1.165) is 17.9 Å². The molecule has 0 bridgehead atoms. The molecule has 1 aromatic rings. The molecule has 0 aliphatic carbocycles. The topological polar surface area (TPSA) is 12.5 Å². The van der Waals surface area contributed by atoms with Crippen molar-refractivity contribution in [2.75, 3.05) is 27.2 Å². The van der Waals surface area contributed by atoms with Gasteiger partial charge in [-0.15, -0.1) is 0 Å². The summed E-state index contributed by atoms with van der Waals surface area (Å²) >= 11 is 0. The Bertz CT molecular complexity index is 314. The largest absolute Gasteiger partial charge is 0.492 e. The van der Waals surface area contributed by atoms with E-state index < -0.39 is 0 Å². The number of rotatable bonds is 5. The van der Waals surface area contributed by atoms with E-state index in [2.05, 4.69) is 30.5 Å². The van der Waals surface area contributed by atoms with Crippen molar-refractivity contribution in [3.05, 3.63) is 42.0 Å². The lowest BCUT2D eigenvalue weighted by atomic mass is 10.1. The van der Waals surface area contributed by atoms with Crippen LogP contribution in [0, 0.1) is 6.92 Å². The van der Waals surface area contributed by atoms with Crippen LogP contribution >= 0.6 is 0 Å². The van der Waals surface area contributed by atoms with E-state index in [0.29, 0.717) is 6.61 Å². The van der Waals surface area contributed by atoms with E-state index in [1.165, 1.54) is 5.56 Å². The van der Waals surface area contributed by atoms with E-state index >= 15 is 0 Å². The molecule has 15 heavy (non-hydrogen) atoms. The molecule has 82 valence electrons. The van der Waals surface area contributed by atoms with Crippen molar-refractivity contribution in [2.24, 2.45) is 0 Å². The quantitative estimate of drug-likeness (QED) is 0.685. The zero-order chi connectivity index (χ0) is 11.3. The predicted molar refractivity (Wildman–Crippen MR) is 64.7 cm³/mol.